The third-order valence-electron chi connectivity index (χ3n) is 7.55. The van der Waals surface area contributed by atoms with Gasteiger partial charge in [0, 0.05) is 23.4 Å². The highest BCUT2D eigenvalue weighted by molar-refractivity contribution is 5.93. The molecule has 1 aromatic heterocycles. The summed E-state index contributed by atoms with van der Waals surface area (Å²) in [6.07, 6.45) is 4.79. The number of pyridine rings is 1. The van der Waals surface area contributed by atoms with Crippen molar-refractivity contribution < 1.29 is 33.3 Å². The number of esters is 2. The van der Waals surface area contributed by atoms with Crippen LogP contribution in [0.25, 0.3) is 10.8 Å². The van der Waals surface area contributed by atoms with E-state index in [4.69, 9.17) is 18.9 Å². The Labute approximate surface area is 230 Å². The number of hydrogen-bond acceptors (Lipinski definition) is 8. The Hall–Kier alpha value is -3.36. The van der Waals surface area contributed by atoms with Crippen LogP contribution in [0.2, 0.25) is 0 Å². The summed E-state index contributed by atoms with van der Waals surface area (Å²) in [6.45, 7) is 8.71. The van der Waals surface area contributed by atoms with Crippen molar-refractivity contribution in [2.24, 2.45) is 11.3 Å². The van der Waals surface area contributed by atoms with Crippen LogP contribution in [0.3, 0.4) is 0 Å². The molecule has 1 fully saturated rings. The van der Waals surface area contributed by atoms with Crippen molar-refractivity contribution >= 4 is 28.6 Å². The van der Waals surface area contributed by atoms with Gasteiger partial charge in [-0.05, 0) is 61.8 Å². The van der Waals surface area contributed by atoms with Crippen LogP contribution in [-0.4, -0.2) is 66.7 Å². The number of ether oxygens (including phenoxy) is 4. The number of benzene rings is 1. The molecule has 2 aromatic rings. The molecule has 2 aliphatic heterocycles. The zero-order valence-corrected chi connectivity index (χ0v) is 23.7. The number of cyclic esters (lactones) is 1. The van der Waals surface area contributed by atoms with Gasteiger partial charge in [0.1, 0.15) is 17.9 Å². The van der Waals surface area contributed by atoms with Crippen molar-refractivity contribution in [3.8, 4) is 11.6 Å². The number of amides is 1. The molecule has 1 aromatic carbocycles. The van der Waals surface area contributed by atoms with Crippen molar-refractivity contribution in [2.45, 2.75) is 78.4 Å². The lowest BCUT2D eigenvalue weighted by atomic mass is 9.77. The van der Waals surface area contributed by atoms with Gasteiger partial charge in [-0.2, -0.15) is 0 Å². The molecular formula is C30H40N2O7. The van der Waals surface area contributed by atoms with E-state index in [2.05, 4.69) is 17.1 Å². The lowest BCUT2D eigenvalue weighted by Gasteiger charge is -2.34. The van der Waals surface area contributed by atoms with Crippen molar-refractivity contribution in [1.29, 1.82) is 0 Å². The van der Waals surface area contributed by atoms with Gasteiger partial charge in [0.05, 0.1) is 39.2 Å². The van der Waals surface area contributed by atoms with Crippen molar-refractivity contribution in [2.75, 3.05) is 26.9 Å². The van der Waals surface area contributed by atoms with E-state index in [1.54, 1.807) is 6.20 Å². The first-order chi connectivity index (χ1) is 18.6. The number of aromatic nitrogens is 1. The van der Waals surface area contributed by atoms with Gasteiger partial charge in [0.25, 0.3) is 0 Å². The Morgan fingerprint density at radius 3 is 2.67 bits per heavy atom. The molecule has 4 rings (SSSR count). The van der Waals surface area contributed by atoms with E-state index in [1.807, 2.05) is 33.8 Å². The first-order valence-corrected chi connectivity index (χ1v) is 13.9. The second kappa shape index (κ2) is 12.2. The van der Waals surface area contributed by atoms with Crippen LogP contribution < -0.4 is 9.47 Å². The van der Waals surface area contributed by atoms with Gasteiger partial charge in [0.2, 0.25) is 11.8 Å². The topological polar surface area (TPSA) is 104 Å². The molecule has 9 heteroatoms. The molecule has 0 saturated carbocycles. The molecule has 1 amide bonds. The fourth-order valence-corrected chi connectivity index (χ4v) is 5.42. The van der Waals surface area contributed by atoms with E-state index < -0.39 is 35.4 Å². The van der Waals surface area contributed by atoms with Gasteiger partial charge in [0.15, 0.2) is 0 Å². The van der Waals surface area contributed by atoms with Crippen LogP contribution in [0.15, 0.2) is 24.4 Å². The lowest BCUT2D eigenvalue weighted by molar-refractivity contribution is -0.157. The number of carbonyl (C=O) groups excluding carboxylic acids is 3. The van der Waals surface area contributed by atoms with Crippen molar-refractivity contribution in [3.05, 3.63) is 30.0 Å². The predicted molar refractivity (Wildman–Crippen MR) is 146 cm³/mol. The number of aryl methyl sites for hydroxylation is 1. The zero-order chi connectivity index (χ0) is 28.2. The molecule has 39 heavy (non-hydrogen) atoms. The smallest absolute Gasteiger partial charge is 0.328 e. The van der Waals surface area contributed by atoms with Crippen LogP contribution in [0, 0.1) is 11.3 Å². The molecule has 4 bridgehead atoms. The van der Waals surface area contributed by atoms with Crippen LogP contribution in [0.4, 0.5) is 0 Å². The summed E-state index contributed by atoms with van der Waals surface area (Å²) in [7, 11) is 1.31. The zero-order valence-electron chi connectivity index (χ0n) is 23.7. The van der Waals surface area contributed by atoms with E-state index in [0.29, 0.717) is 19.1 Å². The fraction of sp³-hybridized carbons (Fsp3) is 0.600. The van der Waals surface area contributed by atoms with E-state index in [1.165, 1.54) is 12.0 Å². The first kappa shape index (κ1) is 28.6. The summed E-state index contributed by atoms with van der Waals surface area (Å²) >= 11 is 0. The highest BCUT2D eigenvalue weighted by atomic mass is 16.5. The Kier molecular flexibility index (Phi) is 8.97. The quantitative estimate of drug-likeness (QED) is 0.525. The third kappa shape index (κ3) is 6.62. The molecule has 212 valence electrons. The van der Waals surface area contributed by atoms with Crippen LogP contribution in [-0.2, 0) is 30.3 Å². The van der Waals surface area contributed by atoms with Gasteiger partial charge in [-0.15, -0.1) is 0 Å². The van der Waals surface area contributed by atoms with Gasteiger partial charge >= 0.3 is 11.9 Å². The van der Waals surface area contributed by atoms with E-state index in [-0.39, 0.29) is 25.3 Å². The van der Waals surface area contributed by atoms with E-state index >= 15 is 0 Å². The normalized spacial score (nSPS) is 23.1. The van der Waals surface area contributed by atoms with Crippen LogP contribution >= 0.6 is 0 Å². The molecule has 2 aliphatic rings. The fourth-order valence-electron chi connectivity index (χ4n) is 5.42. The second-order valence-electron chi connectivity index (χ2n) is 11.4. The van der Waals surface area contributed by atoms with Gasteiger partial charge < -0.3 is 23.8 Å². The highest BCUT2D eigenvalue weighted by Gasteiger charge is 2.46. The maximum absolute atomic E-state index is 13.9. The summed E-state index contributed by atoms with van der Waals surface area (Å²) in [5.74, 6) is -0.659. The number of hydrogen-bond donors (Lipinski definition) is 0. The molecule has 1 saturated heterocycles. The molecule has 3 atom stereocenters. The molecule has 0 spiro atoms. The average molecular weight is 541 g/mol. The largest absolute Gasteiger partial charge is 0.493 e. The van der Waals surface area contributed by atoms with E-state index in [9.17, 15) is 14.4 Å². The van der Waals surface area contributed by atoms with E-state index in [0.717, 1.165) is 47.8 Å². The summed E-state index contributed by atoms with van der Waals surface area (Å²) < 4.78 is 22.9. The standard InChI is InChI=1S/C30H40N2O7/c1-6-37-25-15-19-10-8-7-9-13-38-26(33)17-23(30(2,3)4)28(34)32-18-20(16-24(32)29(35)36-5)39-27-22(14-19)21(25)11-12-31-27/h11-12,14-15,20,23-24H,6-10,13,16-18H2,1-5H3/t20-,23-,24+/m1/s1. The monoisotopic (exact) mass is 540 g/mol. The summed E-state index contributed by atoms with van der Waals surface area (Å²) in [5.41, 5.74) is 0.574. The van der Waals surface area contributed by atoms with Crippen molar-refractivity contribution in [3.63, 3.8) is 0 Å². The van der Waals surface area contributed by atoms with Gasteiger partial charge in [-0.3, -0.25) is 9.59 Å². The predicted octanol–water partition coefficient (Wildman–Crippen LogP) is 4.48. The minimum Gasteiger partial charge on any atom is -0.493 e. The van der Waals surface area contributed by atoms with Gasteiger partial charge in [-0.1, -0.05) is 20.8 Å². The van der Waals surface area contributed by atoms with Crippen LogP contribution in [0.1, 0.15) is 65.4 Å². The molecule has 0 radical (unpaired) electrons. The van der Waals surface area contributed by atoms with Gasteiger partial charge in [-0.25, -0.2) is 9.78 Å². The summed E-state index contributed by atoms with van der Waals surface area (Å²) in [6, 6.07) is 5.23. The number of nitrogens with zero attached hydrogens (tertiary/aromatic N) is 2. The maximum atomic E-state index is 13.9. The number of fused-ring (bicyclic) bond motifs is 3. The maximum Gasteiger partial charge on any atom is 0.328 e. The molecule has 0 aliphatic carbocycles. The lowest BCUT2D eigenvalue weighted by Crippen LogP contribution is -2.47. The molecular weight excluding hydrogens is 500 g/mol. The Bertz CT molecular complexity index is 1210. The number of methoxy groups -OCH3 is 1. The molecule has 0 unspecified atom stereocenters. The summed E-state index contributed by atoms with van der Waals surface area (Å²) in [5, 5.41) is 1.73. The van der Waals surface area contributed by atoms with Crippen molar-refractivity contribution in [1.82, 2.24) is 9.88 Å². The minimum atomic E-state index is -0.819. The number of carbonyl (C=O) groups is 3. The second-order valence-corrected chi connectivity index (χ2v) is 11.4. The Morgan fingerprint density at radius 2 is 1.95 bits per heavy atom. The Balaban J connectivity index is 1.74. The SMILES string of the molecule is CCOc1cc2cc3c(nccc13)O[C@@H]1C[C@@H](C(=O)OC)N(C1)C(=O)[C@H](C(C)(C)C)CC(=O)OCCCCC2. The highest BCUT2D eigenvalue weighted by Crippen LogP contribution is 2.37. The minimum absolute atomic E-state index is 0.0517. The Morgan fingerprint density at radius 1 is 1.15 bits per heavy atom. The first-order valence-electron chi connectivity index (χ1n) is 13.9. The molecule has 3 heterocycles. The third-order valence-corrected chi connectivity index (χ3v) is 7.55. The van der Waals surface area contributed by atoms with Crippen LogP contribution in [0.5, 0.6) is 11.6 Å². The number of rotatable bonds is 3. The molecule has 9 nitrogen and oxygen atoms in total. The summed E-state index contributed by atoms with van der Waals surface area (Å²) in [4.78, 5) is 45.5. The molecule has 0 N–H and O–H groups in total. The average Bonchev–Trinajstić information content (AvgIpc) is 3.31.